The molecule has 0 aromatic heterocycles. The zero-order valence-electron chi connectivity index (χ0n) is 19.6. The van der Waals surface area contributed by atoms with Crippen LogP contribution >= 0.6 is 0 Å². The van der Waals surface area contributed by atoms with Crippen LogP contribution in [0.3, 0.4) is 0 Å². The van der Waals surface area contributed by atoms with Crippen LogP contribution < -0.4 is 14.3 Å². The highest BCUT2D eigenvalue weighted by Gasteiger charge is 2.18. The Kier molecular flexibility index (Phi) is 7.67. The van der Waals surface area contributed by atoms with Crippen LogP contribution in [0.25, 0.3) is 0 Å². The van der Waals surface area contributed by atoms with Crippen LogP contribution in [0.4, 0.5) is 17.1 Å². The summed E-state index contributed by atoms with van der Waals surface area (Å²) in [6.45, 7) is 7.33. The van der Waals surface area contributed by atoms with E-state index in [1.54, 1.807) is 0 Å². The van der Waals surface area contributed by atoms with Gasteiger partial charge in [0.25, 0.3) is 15.9 Å². The fourth-order valence-electron chi connectivity index (χ4n) is 3.42. The minimum absolute atomic E-state index is 0.0607. The van der Waals surface area contributed by atoms with E-state index in [0.29, 0.717) is 22.6 Å². The molecule has 0 aliphatic rings. The zero-order chi connectivity index (χ0) is 25.8. The van der Waals surface area contributed by atoms with E-state index in [1.165, 1.54) is 58.9 Å². The van der Waals surface area contributed by atoms with Crippen LogP contribution in [-0.4, -0.2) is 35.5 Å². The number of aryl methyl sites for hydroxylation is 2. The van der Waals surface area contributed by atoms with Crippen molar-refractivity contribution in [2.45, 2.75) is 18.7 Å². The molecule has 1 amide bonds. The molecule has 0 spiro atoms. The summed E-state index contributed by atoms with van der Waals surface area (Å²) in [6.07, 6.45) is 2.57. The van der Waals surface area contributed by atoms with Gasteiger partial charge in [0.15, 0.2) is 0 Å². The van der Waals surface area contributed by atoms with E-state index >= 15 is 0 Å². The zero-order valence-corrected chi connectivity index (χ0v) is 21.3. The second-order valence-corrected chi connectivity index (χ2v) is 11.6. The van der Waals surface area contributed by atoms with Gasteiger partial charge in [-0.15, -0.1) is 6.58 Å². The maximum absolute atomic E-state index is 12.8. The molecule has 0 atom stereocenters. The van der Waals surface area contributed by atoms with E-state index in [4.69, 9.17) is 0 Å². The molecule has 3 rings (SSSR count). The Morgan fingerprint density at radius 3 is 2.00 bits per heavy atom. The summed E-state index contributed by atoms with van der Waals surface area (Å²) in [5.41, 5.74) is 3.30. The fraction of sp³-hybridized carbons (Fsp3) is 0.160. The highest BCUT2D eigenvalue weighted by molar-refractivity contribution is 7.92. The van der Waals surface area contributed by atoms with E-state index in [1.807, 2.05) is 32.0 Å². The van der Waals surface area contributed by atoms with Crippen molar-refractivity contribution < 1.29 is 21.6 Å². The van der Waals surface area contributed by atoms with Crippen molar-refractivity contribution in [3.05, 3.63) is 96.1 Å². The molecule has 0 unspecified atom stereocenters. The quantitative estimate of drug-likeness (QED) is 0.414. The minimum atomic E-state index is -3.81. The van der Waals surface area contributed by atoms with Gasteiger partial charge in [0.2, 0.25) is 10.0 Å². The van der Waals surface area contributed by atoms with E-state index in [0.717, 1.165) is 17.4 Å². The van der Waals surface area contributed by atoms with Gasteiger partial charge in [-0.05, 0) is 73.5 Å². The van der Waals surface area contributed by atoms with Crippen molar-refractivity contribution in [1.82, 2.24) is 0 Å². The minimum Gasteiger partial charge on any atom is -0.322 e. The monoisotopic (exact) mass is 513 g/mol. The van der Waals surface area contributed by atoms with Crippen LogP contribution in [0.15, 0.2) is 84.3 Å². The summed E-state index contributed by atoms with van der Waals surface area (Å²) in [4.78, 5) is 12.7. The van der Waals surface area contributed by atoms with Crippen molar-refractivity contribution in [1.29, 1.82) is 0 Å². The Morgan fingerprint density at radius 2 is 1.49 bits per heavy atom. The number of carbonyl (C=O) groups is 1. The molecule has 10 heteroatoms. The number of hydrogen-bond donors (Lipinski definition) is 2. The van der Waals surface area contributed by atoms with Gasteiger partial charge in [0, 0.05) is 11.3 Å². The van der Waals surface area contributed by atoms with Gasteiger partial charge in [-0.2, -0.15) is 0 Å². The maximum atomic E-state index is 12.8. The van der Waals surface area contributed by atoms with Crippen molar-refractivity contribution in [3.63, 3.8) is 0 Å². The number of sulfonamides is 2. The molecule has 0 aliphatic heterocycles. The lowest BCUT2D eigenvalue weighted by atomic mass is 10.1. The topological polar surface area (TPSA) is 113 Å². The van der Waals surface area contributed by atoms with Crippen LogP contribution in [0, 0.1) is 13.8 Å². The van der Waals surface area contributed by atoms with Gasteiger partial charge >= 0.3 is 0 Å². The second kappa shape index (κ2) is 10.3. The summed E-state index contributed by atoms with van der Waals surface area (Å²) < 4.78 is 53.4. The molecule has 0 fully saturated rings. The van der Waals surface area contributed by atoms with E-state index in [2.05, 4.69) is 16.6 Å². The average Bonchev–Trinajstić information content (AvgIpc) is 2.80. The second-order valence-electron chi connectivity index (χ2n) is 7.98. The molecule has 184 valence electrons. The van der Waals surface area contributed by atoms with Gasteiger partial charge in [0.05, 0.1) is 29.1 Å². The van der Waals surface area contributed by atoms with Gasteiger partial charge in [-0.3, -0.25) is 13.8 Å². The van der Waals surface area contributed by atoms with Crippen LogP contribution in [0.5, 0.6) is 0 Å². The predicted octanol–water partition coefficient (Wildman–Crippen LogP) is 4.31. The molecule has 2 N–H and O–H groups in total. The Morgan fingerprint density at radius 1 is 0.914 bits per heavy atom. The SMILES string of the molecule is C=CCN(c1ccc(C(=O)Nc2ccc(S(=O)(=O)Nc3c(C)cccc3C)cc2)cc1)S(C)(=O)=O. The first kappa shape index (κ1) is 26.0. The lowest BCUT2D eigenvalue weighted by Gasteiger charge is -2.20. The smallest absolute Gasteiger partial charge is 0.261 e. The summed E-state index contributed by atoms with van der Waals surface area (Å²) >= 11 is 0. The molecule has 0 heterocycles. The van der Waals surface area contributed by atoms with Crippen molar-refractivity contribution in [2.24, 2.45) is 0 Å². The summed E-state index contributed by atoms with van der Waals surface area (Å²) in [5, 5.41) is 2.71. The summed E-state index contributed by atoms with van der Waals surface area (Å²) in [7, 11) is -7.30. The Balaban J connectivity index is 1.73. The largest absolute Gasteiger partial charge is 0.322 e. The first-order valence-corrected chi connectivity index (χ1v) is 13.9. The van der Waals surface area contributed by atoms with Gasteiger partial charge < -0.3 is 5.32 Å². The molecule has 0 radical (unpaired) electrons. The Hall–Kier alpha value is -3.63. The predicted molar refractivity (Wildman–Crippen MR) is 140 cm³/mol. The third-order valence-electron chi connectivity index (χ3n) is 5.25. The average molecular weight is 514 g/mol. The number of hydrogen-bond acceptors (Lipinski definition) is 5. The molecule has 0 bridgehead atoms. The number of nitrogens with one attached hydrogen (secondary N) is 2. The first-order valence-electron chi connectivity index (χ1n) is 10.6. The number of nitrogens with zero attached hydrogens (tertiary/aromatic N) is 1. The fourth-order valence-corrected chi connectivity index (χ4v) is 5.50. The van der Waals surface area contributed by atoms with Gasteiger partial charge in [-0.1, -0.05) is 24.3 Å². The number of rotatable bonds is 9. The van der Waals surface area contributed by atoms with E-state index in [-0.39, 0.29) is 11.4 Å². The number of benzene rings is 3. The molecular formula is C25H27N3O5S2. The molecule has 8 nitrogen and oxygen atoms in total. The molecule has 0 aliphatic carbocycles. The van der Waals surface area contributed by atoms with E-state index in [9.17, 15) is 21.6 Å². The summed E-state index contributed by atoms with van der Waals surface area (Å²) in [5.74, 6) is -0.421. The van der Waals surface area contributed by atoms with Crippen LogP contribution in [-0.2, 0) is 20.0 Å². The number of amides is 1. The van der Waals surface area contributed by atoms with Crippen LogP contribution in [0.2, 0.25) is 0 Å². The van der Waals surface area contributed by atoms with Crippen molar-refractivity contribution >= 4 is 43.0 Å². The maximum Gasteiger partial charge on any atom is 0.261 e. The molecule has 0 saturated carbocycles. The summed E-state index contributed by atoms with van der Waals surface area (Å²) in [6, 6.07) is 17.4. The third-order valence-corrected chi connectivity index (χ3v) is 7.78. The van der Waals surface area contributed by atoms with Gasteiger partial charge in [0.1, 0.15) is 0 Å². The Bertz CT molecular complexity index is 1430. The highest BCUT2D eigenvalue weighted by atomic mass is 32.2. The molecular weight excluding hydrogens is 486 g/mol. The Labute approximate surface area is 206 Å². The lowest BCUT2D eigenvalue weighted by Crippen LogP contribution is -2.29. The molecule has 3 aromatic rings. The van der Waals surface area contributed by atoms with Gasteiger partial charge in [-0.25, -0.2) is 16.8 Å². The standard InChI is InChI=1S/C25H27N3O5S2/c1-5-17-28(34(4,30)31)22-13-9-20(10-14-22)25(29)26-21-11-15-23(16-12-21)35(32,33)27-24-18(2)7-6-8-19(24)3/h5-16,27H,1,17H2,2-4H3,(H,26,29). The number of carbonyl (C=O) groups excluding carboxylic acids is 1. The van der Waals surface area contributed by atoms with E-state index < -0.39 is 26.0 Å². The van der Waals surface area contributed by atoms with Crippen molar-refractivity contribution in [2.75, 3.05) is 27.1 Å². The third kappa shape index (κ3) is 6.28. The number of anilines is 3. The van der Waals surface area contributed by atoms with Crippen LogP contribution in [0.1, 0.15) is 21.5 Å². The lowest BCUT2D eigenvalue weighted by molar-refractivity contribution is 0.102. The molecule has 0 saturated heterocycles. The number of para-hydroxylation sites is 1. The highest BCUT2D eigenvalue weighted by Crippen LogP contribution is 2.24. The molecule has 3 aromatic carbocycles. The van der Waals surface area contributed by atoms with Crippen molar-refractivity contribution in [3.8, 4) is 0 Å². The molecule has 35 heavy (non-hydrogen) atoms. The first-order chi connectivity index (χ1) is 16.4. The normalized spacial score (nSPS) is 11.5.